The first-order chi connectivity index (χ1) is 8.79. The molecule has 0 radical (unpaired) electrons. The number of hydrogen-bond acceptors (Lipinski definition) is 4. The predicted molar refractivity (Wildman–Crippen MR) is 76.5 cm³/mol. The van der Waals surface area contributed by atoms with Gasteiger partial charge in [0.05, 0.1) is 5.69 Å². The molecule has 0 aromatic heterocycles. The molecule has 2 atom stereocenters. The van der Waals surface area contributed by atoms with Crippen LogP contribution in [0.3, 0.4) is 0 Å². The van der Waals surface area contributed by atoms with Crippen molar-refractivity contribution in [2.24, 2.45) is 11.1 Å². The maximum absolute atomic E-state index is 12.0. The topological polar surface area (TPSA) is 84.2 Å². The average molecular weight is 283 g/mol. The summed E-state index contributed by atoms with van der Waals surface area (Å²) in [6.07, 6.45) is 0.848. The molecule has 1 aromatic rings. The van der Waals surface area contributed by atoms with E-state index in [0.29, 0.717) is 5.69 Å². The van der Waals surface area contributed by atoms with Gasteiger partial charge in [-0.2, -0.15) is 0 Å². The Bertz CT molecular complexity index is 569. The summed E-state index contributed by atoms with van der Waals surface area (Å²) < 4.78 is 26.3. The first kappa shape index (κ1) is 14.3. The molecule has 1 fully saturated rings. The van der Waals surface area contributed by atoms with Crippen LogP contribution in [-0.4, -0.2) is 27.5 Å². The lowest BCUT2D eigenvalue weighted by Crippen LogP contribution is -2.61. The predicted octanol–water partition coefficient (Wildman–Crippen LogP) is 1.13. The Labute approximate surface area is 114 Å². The highest BCUT2D eigenvalue weighted by Crippen LogP contribution is 2.41. The van der Waals surface area contributed by atoms with E-state index >= 15 is 0 Å². The van der Waals surface area contributed by atoms with Crippen LogP contribution in [0, 0.1) is 5.41 Å². The molecule has 0 heterocycles. The normalized spacial score (nSPS) is 25.7. The van der Waals surface area contributed by atoms with Crippen molar-refractivity contribution in [1.82, 2.24) is 4.72 Å². The molecule has 0 saturated heterocycles. The summed E-state index contributed by atoms with van der Waals surface area (Å²) in [5.74, 6) is 0. The standard InChI is InChI=1S/C13H21N3O2S/c1-13(2)11(14)8-12(13)16-9-6-4-5-7-10(9)19(17,18)15-3/h4-7,11-12,15-16H,8,14H2,1-3H3. The second kappa shape index (κ2) is 4.77. The Hall–Kier alpha value is -1.11. The molecule has 2 rings (SSSR count). The number of sulfonamides is 1. The highest BCUT2D eigenvalue weighted by atomic mass is 32.2. The lowest BCUT2D eigenvalue weighted by molar-refractivity contribution is 0.117. The number of nitrogens with one attached hydrogen (secondary N) is 2. The zero-order valence-electron chi connectivity index (χ0n) is 11.5. The zero-order valence-corrected chi connectivity index (χ0v) is 12.3. The fourth-order valence-electron chi connectivity index (χ4n) is 2.32. The molecule has 2 unspecified atom stereocenters. The number of hydrogen-bond donors (Lipinski definition) is 3. The Kier molecular flexibility index (Phi) is 3.59. The summed E-state index contributed by atoms with van der Waals surface area (Å²) in [4.78, 5) is 0.272. The lowest BCUT2D eigenvalue weighted by atomic mass is 9.63. The second-order valence-corrected chi connectivity index (χ2v) is 7.42. The van der Waals surface area contributed by atoms with Gasteiger partial charge in [-0.15, -0.1) is 0 Å². The van der Waals surface area contributed by atoms with Crippen molar-refractivity contribution in [3.63, 3.8) is 0 Å². The van der Waals surface area contributed by atoms with Crippen molar-refractivity contribution in [2.45, 2.75) is 37.2 Å². The highest BCUT2D eigenvalue weighted by Gasteiger charge is 2.46. The number of para-hydroxylation sites is 1. The van der Waals surface area contributed by atoms with Gasteiger partial charge in [0.25, 0.3) is 0 Å². The molecule has 0 amide bonds. The van der Waals surface area contributed by atoms with E-state index in [1.807, 2.05) is 6.07 Å². The van der Waals surface area contributed by atoms with Crippen LogP contribution in [0.4, 0.5) is 5.69 Å². The smallest absolute Gasteiger partial charge is 0.242 e. The van der Waals surface area contributed by atoms with Crippen molar-refractivity contribution < 1.29 is 8.42 Å². The molecule has 0 spiro atoms. The molecule has 6 heteroatoms. The molecular formula is C13H21N3O2S. The van der Waals surface area contributed by atoms with Crippen LogP contribution in [0.1, 0.15) is 20.3 Å². The van der Waals surface area contributed by atoms with Crippen LogP contribution in [0.25, 0.3) is 0 Å². The molecule has 1 aromatic carbocycles. The Morgan fingerprint density at radius 2 is 1.95 bits per heavy atom. The van der Waals surface area contributed by atoms with E-state index in [4.69, 9.17) is 5.73 Å². The van der Waals surface area contributed by atoms with Gasteiger partial charge in [0.2, 0.25) is 10.0 Å². The van der Waals surface area contributed by atoms with E-state index in [9.17, 15) is 8.42 Å². The largest absolute Gasteiger partial charge is 0.381 e. The van der Waals surface area contributed by atoms with Crippen LogP contribution < -0.4 is 15.8 Å². The van der Waals surface area contributed by atoms with Crippen molar-refractivity contribution in [3.05, 3.63) is 24.3 Å². The van der Waals surface area contributed by atoms with Crippen LogP contribution in [0.15, 0.2) is 29.2 Å². The summed E-state index contributed by atoms with van der Waals surface area (Å²) in [7, 11) is -2.04. The highest BCUT2D eigenvalue weighted by molar-refractivity contribution is 7.89. The van der Waals surface area contributed by atoms with Crippen LogP contribution in [0.5, 0.6) is 0 Å². The summed E-state index contributed by atoms with van der Waals surface area (Å²) in [6, 6.07) is 7.26. The Morgan fingerprint density at radius 3 is 2.47 bits per heavy atom. The van der Waals surface area contributed by atoms with Crippen molar-refractivity contribution in [2.75, 3.05) is 12.4 Å². The lowest BCUT2D eigenvalue weighted by Gasteiger charge is -2.51. The summed E-state index contributed by atoms with van der Waals surface area (Å²) in [5.41, 5.74) is 6.58. The molecule has 0 bridgehead atoms. The minimum absolute atomic E-state index is 0.0312. The van der Waals surface area contributed by atoms with Crippen molar-refractivity contribution >= 4 is 15.7 Å². The van der Waals surface area contributed by atoms with Gasteiger partial charge in [-0.25, -0.2) is 13.1 Å². The van der Waals surface area contributed by atoms with Crippen LogP contribution >= 0.6 is 0 Å². The van der Waals surface area contributed by atoms with Crippen LogP contribution in [0.2, 0.25) is 0 Å². The second-order valence-electron chi connectivity index (χ2n) is 5.56. The van der Waals surface area contributed by atoms with E-state index in [1.165, 1.54) is 7.05 Å². The third kappa shape index (κ3) is 2.48. The SMILES string of the molecule is CNS(=O)(=O)c1ccccc1NC1CC(N)C1(C)C. The van der Waals surface area contributed by atoms with Gasteiger partial charge in [0, 0.05) is 17.5 Å². The maximum Gasteiger partial charge on any atom is 0.242 e. The van der Waals surface area contributed by atoms with Gasteiger partial charge in [0.1, 0.15) is 4.90 Å². The monoisotopic (exact) mass is 283 g/mol. The van der Waals surface area contributed by atoms with Crippen molar-refractivity contribution in [1.29, 1.82) is 0 Å². The van der Waals surface area contributed by atoms with Gasteiger partial charge in [-0.1, -0.05) is 26.0 Å². The molecule has 5 nitrogen and oxygen atoms in total. The Balaban J connectivity index is 2.28. The van der Waals surface area contributed by atoms with Crippen molar-refractivity contribution in [3.8, 4) is 0 Å². The average Bonchev–Trinajstić information content (AvgIpc) is 2.39. The Morgan fingerprint density at radius 1 is 1.32 bits per heavy atom. The fourth-order valence-corrected chi connectivity index (χ4v) is 3.22. The van der Waals surface area contributed by atoms with Gasteiger partial charge in [-0.05, 0) is 25.6 Å². The first-order valence-electron chi connectivity index (χ1n) is 6.33. The number of benzene rings is 1. The number of rotatable bonds is 4. The number of nitrogens with two attached hydrogens (primary N) is 1. The molecule has 4 N–H and O–H groups in total. The molecular weight excluding hydrogens is 262 g/mol. The number of anilines is 1. The van der Waals surface area contributed by atoms with Gasteiger partial charge < -0.3 is 11.1 Å². The summed E-state index contributed by atoms with van der Waals surface area (Å²) >= 11 is 0. The third-order valence-electron chi connectivity index (χ3n) is 4.12. The fraction of sp³-hybridized carbons (Fsp3) is 0.538. The van der Waals surface area contributed by atoms with E-state index in [-0.39, 0.29) is 22.4 Å². The molecule has 1 aliphatic carbocycles. The van der Waals surface area contributed by atoms with E-state index in [1.54, 1.807) is 18.2 Å². The minimum Gasteiger partial charge on any atom is -0.381 e. The molecule has 0 aliphatic heterocycles. The van der Waals surface area contributed by atoms with Gasteiger partial charge in [0.15, 0.2) is 0 Å². The molecule has 106 valence electrons. The molecule has 19 heavy (non-hydrogen) atoms. The minimum atomic E-state index is -3.45. The zero-order chi connectivity index (χ0) is 14.3. The summed E-state index contributed by atoms with van der Waals surface area (Å²) in [5, 5.41) is 3.31. The summed E-state index contributed by atoms with van der Waals surface area (Å²) in [6.45, 7) is 4.18. The molecule has 1 saturated carbocycles. The van der Waals surface area contributed by atoms with E-state index in [0.717, 1.165) is 6.42 Å². The van der Waals surface area contributed by atoms with E-state index in [2.05, 4.69) is 23.9 Å². The van der Waals surface area contributed by atoms with Gasteiger partial charge in [-0.3, -0.25) is 0 Å². The molecule has 1 aliphatic rings. The first-order valence-corrected chi connectivity index (χ1v) is 7.82. The van der Waals surface area contributed by atoms with Crippen LogP contribution in [-0.2, 0) is 10.0 Å². The quantitative estimate of drug-likeness (QED) is 0.773. The van der Waals surface area contributed by atoms with E-state index < -0.39 is 10.0 Å². The third-order valence-corrected chi connectivity index (χ3v) is 5.59. The maximum atomic E-state index is 12.0. The van der Waals surface area contributed by atoms with Gasteiger partial charge >= 0.3 is 0 Å².